The summed E-state index contributed by atoms with van der Waals surface area (Å²) in [7, 11) is 0. The zero-order valence-corrected chi connectivity index (χ0v) is 14.2. The van der Waals surface area contributed by atoms with Crippen LogP contribution in [0.5, 0.6) is 0 Å². The average molecular weight is 271 g/mol. The molecule has 0 radical (unpaired) electrons. The zero-order valence-electron chi connectivity index (χ0n) is 14.2. The fraction of sp³-hybridized carbons (Fsp3) is 1.00. The van der Waals surface area contributed by atoms with Crippen LogP contribution in [-0.2, 0) is 0 Å². The summed E-state index contributed by atoms with van der Waals surface area (Å²) < 4.78 is 0. The van der Waals surface area contributed by atoms with E-state index in [9.17, 15) is 5.11 Å². The second-order valence-corrected chi connectivity index (χ2v) is 6.87. The lowest BCUT2D eigenvalue weighted by atomic mass is 9.74. The minimum atomic E-state index is -0.447. The lowest BCUT2D eigenvalue weighted by Crippen LogP contribution is -2.33. The first kappa shape index (κ1) is 19.0. The molecular weight excluding hydrogens is 232 g/mol. The van der Waals surface area contributed by atoms with Gasteiger partial charge in [-0.1, -0.05) is 72.1 Å². The summed E-state index contributed by atoms with van der Waals surface area (Å²) in [6, 6.07) is 0. The standard InChI is InChI=1S/C12H24O.C6H14/c1-4-5-10-6-8-11(9-7-10)12(2,3)13;1-3-5-6-4-2/h10-11,13H,4-9H2,1-3H3;3-6H2,1-2H3. The molecule has 1 aliphatic rings. The number of hydrogen-bond acceptors (Lipinski definition) is 1. The number of rotatable bonds is 6. The van der Waals surface area contributed by atoms with Crippen molar-refractivity contribution in [3.63, 3.8) is 0 Å². The van der Waals surface area contributed by atoms with E-state index in [4.69, 9.17) is 0 Å². The van der Waals surface area contributed by atoms with Crippen LogP contribution in [0.15, 0.2) is 0 Å². The molecule has 1 nitrogen and oxygen atoms in total. The van der Waals surface area contributed by atoms with Crippen molar-refractivity contribution >= 4 is 0 Å². The maximum Gasteiger partial charge on any atom is 0.0619 e. The first-order valence-corrected chi connectivity index (χ1v) is 8.67. The van der Waals surface area contributed by atoms with E-state index in [1.54, 1.807) is 0 Å². The molecule has 1 fully saturated rings. The third-order valence-corrected chi connectivity index (χ3v) is 4.50. The largest absolute Gasteiger partial charge is 0.390 e. The Kier molecular flexibility index (Phi) is 10.7. The van der Waals surface area contributed by atoms with Gasteiger partial charge in [-0.05, 0) is 38.5 Å². The van der Waals surface area contributed by atoms with Crippen LogP contribution in [0.25, 0.3) is 0 Å². The second kappa shape index (κ2) is 10.7. The fourth-order valence-electron chi connectivity index (χ4n) is 3.07. The van der Waals surface area contributed by atoms with Crippen LogP contribution in [0.3, 0.4) is 0 Å². The second-order valence-electron chi connectivity index (χ2n) is 6.87. The van der Waals surface area contributed by atoms with Crippen molar-refractivity contribution < 1.29 is 5.11 Å². The third-order valence-electron chi connectivity index (χ3n) is 4.50. The molecule has 0 unspecified atom stereocenters. The molecule has 1 aliphatic carbocycles. The molecule has 0 aromatic rings. The van der Waals surface area contributed by atoms with E-state index in [1.165, 1.54) is 64.2 Å². The van der Waals surface area contributed by atoms with Crippen molar-refractivity contribution in [2.24, 2.45) is 11.8 Å². The molecule has 0 heterocycles. The normalized spacial score (nSPS) is 23.7. The predicted molar refractivity (Wildman–Crippen MR) is 86.5 cm³/mol. The molecule has 0 saturated heterocycles. The summed E-state index contributed by atoms with van der Waals surface area (Å²) in [5.41, 5.74) is -0.447. The Morgan fingerprint density at radius 1 is 0.842 bits per heavy atom. The van der Waals surface area contributed by atoms with Crippen LogP contribution < -0.4 is 0 Å². The molecule has 1 saturated carbocycles. The van der Waals surface area contributed by atoms with Gasteiger partial charge < -0.3 is 5.11 Å². The highest BCUT2D eigenvalue weighted by molar-refractivity contribution is 4.82. The van der Waals surface area contributed by atoms with Crippen molar-refractivity contribution in [2.75, 3.05) is 0 Å². The van der Waals surface area contributed by atoms with Gasteiger partial charge in [-0.2, -0.15) is 0 Å². The Morgan fingerprint density at radius 3 is 1.63 bits per heavy atom. The van der Waals surface area contributed by atoms with Gasteiger partial charge in [0.1, 0.15) is 0 Å². The van der Waals surface area contributed by atoms with E-state index < -0.39 is 5.60 Å². The SMILES string of the molecule is CCCC1CCC(C(C)(C)O)CC1.CCCCCC. The van der Waals surface area contributed by atoms with E-state index >= 15 is 0 Å². The Balaban J connectivity index is 0.000000459. The first-order chi connectivity index (χ1) is 8.95. The molecule has 0 aliphatic heterocycles. The first-order valence-electron chi connectivity index (χ1n) is 8.67. The van der Waals surface area contributed by atoms with Crippen LogP contribution in [0, 0.1) is 11.8 Å². The van der Waals surface area contributed by atoms with Gasteiger partial charge in [-0.3, -0.25) is 0 Å². The number of hydrogen-bond donors (Lipinski definition) is 1. The third kappa shape index (κ3) is 9.49. The molecule has 0 aromatic carbocycles. The average Bonchev–Trinajstić information content (AvgIpc) is 2.37. The molecule has 0 spiro atoms. The Hall–Kier alpha value is -0.0400. The van der Waals surface area contributed by atoms with Gasteiger partial charge in [-0.15, -0.1) is 0 Å². The molecule has 1 rings (SSSR count). The highest BCUT2D eigenvalue weighted by atomic mass is 16.3. The number of aliphatic hydroxyl groups is 1. The molecule has 0 bridgehead atoms. The molecule has 0 atom stereocenters. The molecule has 0 amide bonds. The maximum atomic E-state index is 9.86. The fourth-order valence-corrected chi connectivity index (χ4v) is 3.07. The zero-order chi connectivity index (χ0) is 14.7. The topological polar surface area (TPSA) is 20.2 Å². The van der Waals surface area contributed by atoms with E-state index in [1.807, 2.05) is 13.8 Å². The van der Waals surface area contributed by atoms with Crippen LogP contribution >= 0.6 is 0 Å². The van der Waals surface area contributed by atoms with Crippen molar-refractivity contribution in [3.05, 3.63) is 0 Å². The van der Waals surface area contributed by atoms with Crippen molar-refractivity contribution in [1.82, 2.24) is 0 Å². The summed E-state index contributed by atoms with van der Waals surface area (Å²) in [5.74, 6) is 1.49. The van der Waals surface area contributed by atoms with Gasteiger partial charge in [0.2, 0.25) is 0 Å². The summed E-state index contributed by atoms with van der Waals surface area (Å²) >= 11 is 0. The van der Waals surface area contributed by atoms with Crippen LogP contribution in [0.1, 0.15) is 98.8 Å². The van der Waals surface area contributed by atoms with Gasteiger partial charge in [0, 0.05) is 0 Å². The van der Waals surface area contributed by atoms with Crippen molar-refractivity contribution in [1.29, 1.82) is 0 Å². The smallest absolute Gasteiger partial charge is 0.0619 e. The summed E-state index contributed by atoms with van der Waals surface area (Å²) in [6.07, 6.45) is 13.4. The summed E-state index contributed by atoms with van der Waals surface area (Å²) in [4.78, 5) is 0. The van der Waals surface area contributed by atoms with E-state index in [0.717, 1.165) is 5.92 Å². The van der Waals surface area contributed by atoms with Gasteiger partial charge >= 0.3 is 0 Å². The lowest BCUT2D eigenvalue weighted by Gasteiger charge is -2.35. The van der Waals surface area contributed by atoms with Gasteiger partial charge in [0.15, 0.2) is 0 Å². The minimum Gasteiger partial charge on any atom is -0.390 e. The summed E-state index contributed by atoms with van der Waals surface area (Å²) in [5, 5.41) is 9.86. The minimum absolute atomic E-state index is 0.447. The molecule has 1 N–H and O–H groups in total. The lowest BCUT2D eigenvalue weighted by molar-refractivity contribution is -0.00636. The molecule has 0 aromatic heterocycles. The molecule has 1 heteroatoms. The monoisotopic (exact) mass is 270 g/mol. The Morgan fingerprint density at radius 2 is 1.32 bits per heavy atom. The van der Waals surface area contributed by atoms with E-state index in [2.05, 4.69) is 20.8 Å². The van der Waals surface area contributed by atoms with Crippen molar-refractivity contribution in [3.8, 4) is 0 Å². The highest BCUT2D eigenvalue weighted by Gasteiger charge is 2.30. The Labute approximate surface area is 122 Å². The van der Waals surface area contributed by atoms with E-state index in [0.29, 0.717) is 5.92 Å². The van der Waals surface area contributed by atoms with Crippen molar-refractivity contribution in [2.45, 2.75) is 104 Å². The number of unbranched alkanes of at least 4 members (excludes halogenated alkanes) is 3. The highest BCUT2D eigenvalue weighted by Crippen LogP contribution is 2.36. The van der Waals surface area contributed by atoms with Gasteiger partial charge in [0.05, 0.1) is 5.60 Å². The summed E-state index contributed by atoms with van der Waals surface area (Å²) in [6.45, 7) is 10.6. The molecule has 116 valence electrons. The maximum absolute atomic E-state index is 9.86. The van der Waals surface area contributed by atoms with Gasteiger partial charge in [0.25, 0.3) is 0 Å². The quantitative estimate of drug-likeness (QED) is 0.591. The predicted octanol–water partition coefficient (Wildman–Crippen LogP) is 5.95. The molecular formula is C18H38O. The van der Waals surface area contributed by atoms with Crippen LogP contribution in [0.4, 0.5) is 0 Å². The van der Waals surface area contributed by atoms with Crippen LogP contribution in [0.2, 0.25) is 0 Å². The van der Waals surface area contributed by atoms with Crippen LogP contribution in [-0.4, -0.2) is 10.7 Å². The Bertz CT molecular complexity index is 180. The van der Waals surface area contributed by atoms with Gasteiger partial charge in [-0.25, -0.2) is 0 Å². The van der Waals surface area contributed by atoms with E-state index in [-0.39, 0.29) is 0 Å². The molecule has 19 heavy (non-hydrogen) atoms.